The first-order chi connectivity index (χ1) is 14.0. The molecule has 162 valence electrons. The molecule has 2 amide bonds. The van der Waals surface area contributed by atoms with Gasteiger partial charge in [-0.3, -0.25) is 4.79 Å². The molecule has 1 aromatic heterocycles. The fraction of sp³-hybridized carbons (Fsp3) is 0.500. The first-order valence-corrected chi connectivity index (χ1v) is 10.0. The molecule has 1 aromatic carbocycles. The molecule has 2 heterocycles. The van der Waals surface area contributed by atoms with Crippen LogP contribution in [0.1, 0.15) is 51.4 Å². The van der Waals surface area contributed by atoms with Crippen LogP contribution in [0.4, 0.5) is 9.18 Å². The molecule has 1 saturated heterocycles. The van der Waals surface area contributed by atoms with Crippen molar-refractivity contribution in [3.05, 3.63) is 48.0 Å². The van der Waals surface area contributed by atoms with Crippen molar-refractivity contribution < 1.29 is 18.7 Å². The van der Waals surface area contributed by atoms with Gasteiger partial charge in [0.1, 0.15) is 17.1 Å². The molecule has 1 unspecified atom stereocenters. The highest BCUT2D eigenvalue weighted by Crippen LogP contribution is 2.30. The zero-order valence-corrected chi connectivity index (χ0v) is 18.1. The van der Waals surface area contributed by atoms with Crippen LogP contribution in [0.2, 0.25) is 0 Å². The number of carbonyl (C=O) groups is 2. The Kier molecular flexibility index (Phi) is 5.87. The van der Waals surface area contributed by atoms with Gasteiger partial charge in [-0.1, -0.05) is 13.8 Å². The van der Waals surface area contributed by atoms with Gasteiger partial charge in [0.2, 0.25) is 0 Å². The average Bonchev–Trinajstić information content (AvgIpc) is 3.15. The minimum atomic E-state index is -0.557. The van der Waals surface area contributed by atoms with Crippen molar-refractivity contribution >= 4 is 12.0 Å². The fourth-order valence-electron chi connectivity index (χ4n) is 3.59. The molecular weight excluding hydrogens is 387 g/mol. The van der Waals surface area contributed by atoms with Gasteiger partial charge in [-0.2, -0.15) is 5.10 Å². The molecule has 0 spiro atoms. The lowest BCUT2D eigenvalue weighted by molar-refractivity contribution is 0.00270. The topological polar surface area (TPSA) is 76.5 Å². The third kappa shape index (κ3) is 4.98. The molecule has 0 saturated carbocycles. The first kappa shape index (κ1) is 21.8. The van der Waals surface area contributed by atoms with Crippen LogP contribution in [0, 0.1) is 11.2 Å². The second kappa shape index (κ2) is 8.08. The summed E-state index contributed by atoms with van der Waals surface area (Å²) < 4.78 is 21.4. The number of nitrogens with zero attached hydrogens (tertiary/aromatic N) is 3. The SMILES string of the molecule is CC(C)(C)OC(=O)N1CCC(NC(=O)c2ccc(-n3cccn3)c(F)c2)C(C)(C)C1. The lowest BCUT2D eigenvalue weighted by Gasteiger charge is -2.44. The zero-order chi connectivity index (χ0) is 22.1. The van der Waals surface area contributed by atoms with Crippen molar-refractivity contribution in [1.82, 2.24) is 20.0 Å². The van der Waals surface area contributed by atoms with E-state index >= 15 is 0 Å². The molecule has 30 heavy (non-hydrogen) atoms. The van der Waals surface area contributed by atoms with Gasteiger partial charge in [-0.05, 0) is 51.5 Å². The molecular formula is C22H29FN4O3. The van der Waals surface area contributed by atoms with E-state index in [9.17, 15) is 14.0 Å². The van der Waals surface area contributed by atoms with E-state index in [1.54, 1.807) is 29.4 Å². The number of nitrogens with one attached hydrogen (secondary N) is 1. The van der Waals surface area contributed by atoms with Crippen LogP contribution in [0.25, 0.3) is 5.69 Å². The number of carbonyl (C=O) groups excluding carboxylic acids is 2. The quantitative estimate of drug-likeness (QED) is 0.826. The Morgan fingerprint density at radius 1 is 1.30 bits per heavy atom. The van der Waals surface area contributed by atoms with Crippen LogP contribution >= 0.6 is 0 Å². The maximum atomic E-state index is 14.5. The second-order valence-corrected chi connectivity index (χ2v) is 9.32. The van der Waals surface area contributed by atoms with Crippen LogP contribution in [0.3, 0.4) is 0 Å². The number of hydrogen-bond donors (Lipinski definition) is 1. The Morgan fingerprint density at radius 2 is 2.03 bits per heavy atom. The summed E-state index contributed by atoms with van der Waals surface area (Å²) in [6.07, 6.45) is 3.44. The second-order valence-electron chi connectivity index (χ2n) is 9.32. The number of likely N-dealkylation sites (tertiary alicyclic amines) is 1. The molecule has 2 aromatic rings. The molecule has 1 aliphatic heterocycles. The number of ether oxygens (including phenoxy) is 1. The Balaban J connectivity index is 1.66. The van der Waals surface area contributed by atoms with Gasteiger partial charge in [0.25, 0.3) is 5.91 Å². The van der Waals surface area contributed by atoms with Crippen LogP contribution in [-0.2, 0) is 4.74 Å². The Bertz CT molecular complexity index is 919. The first-order valence-electron chi connectivity index (χ1n) is 10.0. The molecule has 8 heteroatoms. The van der Waals surface area contributed by atoms with Crippen LogP contribution in [0.5, 0.6) is 0 Å². The van der Waals surface area contributed by atoms with Crippen molar-refractivity contribution in [3.8, 4) is 5.69 Å². The van der Waals surface area contributed by atoms with E-state index in [1.807, 2.05) is 34.6 Å². The number of aromatic nitrogens is 2. The Hall–Kier alpha value is -2.90. The fourth-order valence-corrected chi connectivity index (χ4v) is 3.59. The Morgan fingerprint density at radius 3 is 2.60 bits per heavy atom. The van der Waals surface area contributed by atoms with Gasteiger partial charge < -0.3 is 15.0 Å². The molecule has 0 aliphatic carbocycles. The lowest BCUT2D eigenvalue weighted by Crippen LogP contribution is -2.57. The minimum Gasteiger partial charge on any atom is -0.444 e. The van der Waals surface area contributed by atoms with Crippen LogP contribution < -0.4 is 5.32 Å². The van der Waals surface area contributed by atoms with Gasteiger partial charge in [-0.25, -0.2) is 13.9 Å². The molecule has 1 N–H and O–H groups in total. The van der Waals surface area contributed by atoms with E-state index in [1.165, 1.54) is 16.8 Å². The van der Waals surface area contributed by atoms with Gasteiger partial charge in [-0.15, -0.1) is 0 Å². The van der Waals surface area contributed by atoms with Gasteiger partial charge >= 0.3 is 6.09 Å². The maximum absolute atomic E-state index is 14.5. The third-order valence-electron chi connectivity index (χ3n) is 5.15. The monoisotopic (exact) mass is 416 g/mol. The van der Waals surface area contributed by atoms with Crippen LogP contribution in [-0.4, -0.2) is 51.4 Å². The smallest absolute Gasteiger partial charge is 0.410 e. The molecule has 1 fully saturated rings. The number of amides is 2. The van der Waals surface area contributed by atoms with Gasteiger partial charge in [0, 0.05) is 42.5 Å². The maximum Gasteiger partial charge on any atom is 0.410 e. The van der Waals surface area contributed by atoms with Gasteiger partial charge in [0.15, 0.2) is 0 Å². The van der Waals surface area contributed by atoms with E-state index in [4.69, 9.17) is 4.74 Å². The minimum absolute atomic E-state index is 0.155. The number of rotatable bonds is 3. The normalized spacial score (nSPS) is 18.7. The standard InChI is InChI=1S/C22H29FN4O3/c1-21(2,3)30-20(29)26-12-9-18(22(4,5)14-26)25-19(28)15-7-8-17(16(23)13-15)27-11-6-10-24-27/h6-8,10-11,13,18H,9,12,14H2,1-5H3,(H,25,28). The summed E-state index contributed by atoms with van der Waals surface area (Å²) in [5, 5.41) is 7.02. The molecule has 1 atom stereocenters. The highest BCUT2D eigenvalue weighted by molar-refractivity contribution is 5.94. The summed E-state index contributed by atoms with van der Waals surface area (Å²) in [6, 6.07) is 5.88. The summed E-state index contributed by atoms with van der Waals surface area (Å²) in [6.45, 7) is 10.4. The summed E-state index contributed by atoms with van der Waals surface area (Å²) in [4.78, 5) is 26.8. The third-order valence-corrected chi connectivity index (χ3v) is 5.15. The van der Waals surface area contributed by atoms with E-state index in [2.05, 4.69) is 10.4 Å². The number of piperidine rings is 1. The van der Waals surface area contributed by atoms with Crippen molar-refractivity contribution in [2.75, 3.05) is 13.1 Å². The van der Waals surface area contributed by atoms with Gasteiger partial charge in [0.05, 0.1) is 0 Å². The zero-order valence-electron chi connectivity index (χ0n) is 18.1. The number of benzene rings is 1. The van der Waals surface area contributed by atoms with Crippen molar-refractivity contribution in [1.29, 1.82) is 0 Å². The summed E-state index contributed by atoms with van der Waals surface area (Å²) in [7, 11) is 0. The van der Waals surface area contributed by atoms with E-state index in [0.717, 1.165) is 0 Å². The average molecular weight is 416 g/mol. The molecule has 3 rings (SSSR count). The van der Waals surface area contributed by atoms with E-state index in [0.29, 0.717) is 19.5 Å². The largest absolute Gasteiger partial charge is 0.444 e. The highest BCUT2D eigenvalue weighted by atomic mass is 19.1. The summed E-state index contributed by atoms with van der Waals surface area (Å²) in [5.74, 6) is -0.866. The van der Waals surface area contributed by atoms with E-state index < -0.39 is 11.4 Å². The van der Waals surface area contributed by atoms with Crippen molar-refractivity contribution in [3.63, 3.8) is 0 Å². The van der Waals surface area contributed by atoms with Crippen LogP contribution in [0.15, 0.2) is 36.7 Å². The molecule has 0 radical (unpaired) electrons. The van der Waals surface area contributed by atoms with Crippen molar-refractivity contribution in [2.45, 2.75) is 52.7 Å². The highest BCUT2D eigenvalue weighted by Gasteiger charge is 2.39. The Labute approximate surface area is 176 Å². The number of halogens is 1. The predicted octanol–water partition coefficient (Wildman–Crippen LogP) is 3.78. The lowest BCUT2D eigenvalue weighted by atomic mass is 9.79. The van der Waals surface area contributed by atoms with E-state index in [-0.39, 0.29) is 34.7 Å². The summed E-state index contributed by atoms with van der Waals surface area (Å²) >= 11 is 0. The molecule has 7 nitrogen and oxygen atoms in total. The predicted molar refractivity (Wildman–Crippen MR) is 111 cm³/mol. The van der Waals surface area contributed by atoms with Crippen molar-refractivity contribution in [2.24, 2.45) is 5.41 Å². The molecule has 1 aliphatic rings. The molecule has 0 bridgehead atoms. The number of hydrogen-bond acceptors (Lipinski definition) is 4. The summed E-state index contributed by atoms with van der Waals surface area (Å²) in [5.41, 5.74) is -0.395.